The Kier molecular flexibility index (Phi) is 4.13. The Balaban J connectivity index is 1.64. The molecule has 0 aromatic rings. The number of hydrogen-bond acceptors (Lipinski definition) is 8. The van der Waals surface area contributed by atoms with Crippen LogP contribution in [-0.2, 0) is 28.7 Å². The summed E-state index contributed by atoms with van der Waals surface area (Å²) in [4.78, 5) is 12.1. The van der Waals surface area contributed by atoms with Crippen LogP contribution in [-0.4, -0.2) is 37.3 Å². The predicted molar refractivity (Wildman–Crippen MR) is 66.4 cm³/mol. The van der Waals surface area contributed by atoms with E-state index in [4.69, 9.17) is 0 Å². The lowest BCUT2D eigenvalue weighted by Gasteiger charge is -2.25. The number of sulfone groups is 1. The highest BCUT2D eigenvalue weighted by Gasteiger charge is 2.65. The summed E-state index contributed by atoms with van der Waals surface area (Å²) in [6, 6.07) is 0. The maximum atomic E-state index is 13.2. The van der Waals surface area contributed by atoms with Crippen LogP contribution in [0.5, 0.6) is 0 Å². The second-order valence-electron chi connectivity index (χ2n) is 5.94. The molecule has 3 fully saturated rings. The van der Waals surface area contributed by atoms with Gasteiger partial charge in [-0.1, -0.05) is 0 Å². The Morgan fingerprint density at radius 2 is 2.05 bits per heavy atom. The highest BCUT2D eigenvalue weighted by atomic mass is 32.2. The first-order valence-corrected chi connectivity index (χ1v) is 9.11. The number of fused-ring (bicyclic) bond motifs is 1. The Bertz CT molecular complexity index is 565. The molecule has 5 atom stereocenters. The van der Waals surface area contributed by atoms with Crippen molar-refractivity contribution in [2.75, 3.05) is 12.4 Å². The molecule has 0 aromatic heterocycles. The van der Waals surface area contributed by atoms with Gasteiger partial charge in [0.05, 0.1) is 16.9 Å². The van der Waals surface area contributed by atoms with E-state index in [-0.39, 0.29) is 23.5 Å². The van der Waals surface area contributed by atoms with Gasteiger partial charge < -0.3 is 9.99 Å². The van der Waals surface area contributed by atoms with Gasteiger partial charge in [-0.3, -0.25) is 9.83 Å². The molecule has 1 saturated heterocycles. The molecule has 2 saturated carbocycles. The summed E-state index contributed by atoms with van der Waals surface area (Å²) in [5, 5.41) is 7.86. The van der Waals surface area contributed by atoms with Crippen LogP contribution >= 0.6 is 12.0 Å². The minimum absolute atomic E-state index is 0.0559. The number of rotatable bonds is 6. The van der Waals surface area contributed by atoms with Crippen LogP contribution in [0.4, 0.5) is 8.78 Å². The van der Waals surface area contributed by atoms with Crippen molar-refractivity contribution < 1.29 is 41.4 Å². The number of alkyl halides is 2. The summed E-state index contributed by atoms with van der Waals surface area (Å²) >= 11 is -0.570. The molecule has 1 aliphatic heterocycles. The monoisotopic (exact) mass is 359 g/mol. The van der Waals surface area contributed by atoms with Crippen molar-refractivity contribution in [2.24, 2.45) is 23.7 Å². The molecule has 22 heavy (non-hydrogen) atoms. The van der Waals surface area contributed by atoms with E-state index in [0.29, 0.717) is 12.8 Å². The largest absolute Gasteiger partial charge is 0.691 e. The first kappa shape index (κ1) is 16.4. The quantitative estimate of drug-likeness (QED) is 0.284. The average molecular weight is 359 g/mol. The summed E-state index contributed by atoms with van der Waals surface area (Å²) in [7, 11) is -3.37. The normalized spacial score (nSPS) is 38.4. The van der Waals surface area contributed by atoms with Crippen LogP contribution in [0.25, 0.3) is 0 Å². The Hall–Kier alpha value is -0.490. The molecule has 2 aliphatic carbocycles. The molecule has 1 heterocycles. The summed E-state index contributed by atoms with van der Waals surface area (Å²) in [6.45, 7) is -1.32. The summed E-state index contributed by atoms with van der Waals surface area (Å²) in [5.41, 5.74) is 0. The summed E-state index contributed by atoms with van der Waals surface area (Å²) < 4.78 is 58.7. The van der Waals surface area contributed by atoms with E-state index in [1.807, 2.05) is 0 Å². The van der Waals surface area contributed by atoms with Crippen LogP contribution in [0.3, 0.4) is 0 Å². The van der Waals surface area contributed by atoms with Gasteiger partial charge in [-0.05, 0) is 30.6 Å². The van der Waals surface area contributed by atoms with Gasteiger partial charge in [0.15, 0.2) is 16.4 Å². The Morgan fingerprint density at radius 3 is 2.73 bits per heavy atom. The topological polar surface area (TPSA) is 102 Å². The molecule has 0 spiro atoms. The second kappa shape index (κ2) is 5.55. The van der Waals surface area contributed by atoms with E-state index in [1.54, 1.807) is 0 Å². The van der Waals surface area contributed by atoms with Gasteiger partial charge >= 0.3 is 11.2 Å². The van der Waals surface area contributed by atoms with Gasteiger partial charge in [0.2, 0.25) is 0 Å². The molecule has 0 aromatic carbocycles. The molecule has 3 rings (SSSR count). The van der Waals surface area contributed by atoms with E-state index in [9.17, 15) is 27.3 Å². The van der Waals surface area contributed by atoms with E-state index in [2.05, 4.69) is 14.1 Å². The smallest absolute Gasteiger partial charge is 0.354 e. The van der Waals surface area contributed by atoms with Gasteiger partial charge in [0.25, 0.3) is 0 Å². The third kappa shape index (κ3) is 2.73. The van der Waals surface area contributed by atoms with E-state index >= 15 is 0 Å². The van der Waals surface area contributed by atoms with Crippen molar-refractivity contribution in [2.45, 2.75) is 23.3 Å². The first-order chi connectivity index (χ1) is 10.2. The van der Waals surface area contributed by atoms with Crippen molar-refractivity contribution in [1.29, 1.82) is 0 Å². The fraction of sp³-hybridized carbons (Fsp3) is 0.909. The number of ether oxygens (including phenoxy) is 1. The van der Waals surface area contributed by atoms with Crippen LogP contribution in [0.2, 0.25) is 0 Å². The summed E-state index contributed by atoms with van der Waals surface area (Å²) in [5.74, 6) is -1.81. The zero-order valence-electron chi connectivity index (χ0n) is 11.1. The SMILES string of the molecule is O=C(OCC(F)(F)SOO[O-])C1C2CC3CS(=O)(=O)C1C3C2. The highest BCUT2D eigenvalue weighted by molar-refractivity contribution is 7.95. The number of esters is 1. The minimum atomic E-state index is -3.66. The standard InChI is InChI=1S/C11H14F2O7S2/c12-11(13,21-20-19-15)4-18-10(14)8-5-1-6-3-22(16,17)9(8)7(6)2-5/h5-9,15H,1-4H2/p-1. The number of carbonyl (C=O) groups excluding carboxylic acids is 1. The molecule has 0 amide bonds. The van der Waals surface area contributed by atoms with Crippen molar-refractivity contribution in [3.63, 3.8) is 0 Å². The zero-order chi connectivity index (χ0) is 16.1. The van der Waals surface area contributed by atoms with E-state index < -0.39 is 50.9 Å². The molecular weight excluding hydrogens is 346 g/mol. The number of carbonyl (C=O) groups is 1. The molecular formula is C11H13F2O7S2-. The molecule has 0 radical (unpaired) electrons. The van der Waals surface area contributed by atoms with Crippen LogP contribution in [0.1, 0.15) is 12.8 Å². The number of hydrogen-bond donors (Lipinski definition) is 0. The van der Waals surface area contributed by atoms with Gasteiger partial charge in [0, 0.05) is 0 Å². The minimum Gasteiger partial charge on any atom is -0.691 e. The third-order valence-corrected chi connectivity index (χ3v) is 7.62. The van der Waals surface area contributed by atoms with Gasteiger partial charge in [-0.25, -0.2) is 8.42 Å². The van der Waals surface area contributed by atoms with Gasteiger partial charge in [-0.2, -0.15) is 13.1 Å². The maximum Gasteiger partial charge on any atom is 0.354 e. The molecule has 5 unspecified atom stereocenters. The van der Waals surface area contributed by atoms with Crippen molar-refractivity contribution >= 4 is 27.8 Å². The van der Waals surface area contributed by atoms with Crippen molar-refractivity contribution in [3.8, 4) is 0 Å². The van der Waals surface area contributed by atoms with E-state index in [0.717, 1.165) is 0 Å². The number of halogens is 2. The van der Waals surface area contributed by atoms with Crippen LogP contribution in [0, 0.1) is 23.7 Å². The van der Waals surface area contributed by atoms with Crippen LogP contribution < -0.4 is 5.26 Å². The molecule has 0 N–H and O–H groups in total. The van der Waals surface area contributed by atoms with Crippen molar-refractivity contribution in [1.82, 2.24) is 0 Å². The molecule has 2 bridgehead atoms. The molecule has 7 nitrogen and oxygen atoms in total. The lowest BCUT2D eigenvalue weighted by molar-refractivity contribution is -0.777. The molecule has 3 aliphatic rings. The average Bonchev–Trinajstić information content (AvgIpc) is 3.03. The zero-order valence-corrected chi connectivity index (χ0v) is 12.8. The fourth-order valence-corrected chi connectivity index (χ4v) is 7.27. The van der Waals surface area contributed by atoms with Gasteiger partial charge in [0.1, 0.15) is 12.0 Å². The van der Waals surface area contributed by atoms with Crippen molar-refractivity contribution in [3.05, 3.63) is 0 Å². The lowest BCUT2D eigenvalue weighted by Crippen LogP contribution is -2.38. The van der Waals surface area contributed by atoms with Gasteiger partial charge in [-0.15, -0.1) is 0 Å². The fourth-order valence-electron chi connectivity index (χ4n) is 4.19. The lowest BCUT2D eigenvalue weighted by atomic mass is 9.83. The highest BCUT2D eigenvalue weighted by Crippen LogP contribution is 2.59. The Labute approximate surface area is 129 Å². The van der Waals surface area contributed by atoms with E-state index in [1.165, 1.54) is 0 Å². The first-order valence-electron chi connectivity index (χ1n) is 6.65. The summed E-state index contributed by atoms with van der Waals surface area (Å²) in [6.07, 6.45) is 1.26. The third-order valence-electron chi connectivity index (χ3n) is 4.77. The Morgan fingerprint density at radius 1 is 1.32 bits per heavy atom. The maximum absolute atomic E-state index is 13.2. The predicted octanol–water partition coefficient (Wildman–Crippen LogP) is 0.0633. The van der Waals surface area contributed by atoms with Crippen LogP contribution in [0.15, 0.2) is 0 Å². The molecule has 126 valence electrons. The second-order valence-corrected chi connectivity index (χ2v) is 9.04. The molecule has 11 heteroatoms.